The smallest absolute Gasteiger partial charge is 0.273 e. The van der Waals surface area contributed by atoms with Crippen LogP contribution in [0.5, 0.6) is 0 Å². The van der Waals surface area contributed by atoms with E-state index in [1.165, 1.54) is 0 Å². The van der Waals surface area contributed by atoms with Crippen LogP contribution in [-0.4, -0.2) is 36.9 Å². The molecule has 1 aliphatic rings. The zero-order valence-electron chi connectivity index (χ0n) is 14.8. The maximum Gasteiger partial charge on any atom is 0.273 e. The Morgan fingerprint density at radius 1 is 1.26 bits per heavy atom. The summed E-state index contributed by atoms with van der Waals surface area (Å²) in [5.41, 5.74) is 6.53. The number of rotatable bonds is 4. The molecule has 0 unspecified atom stereocenters. The third-order valence-corrected chi connectivity index (χ3v) is 4.94. The van der Waals surface area contributed by atoms with Crippen LogP contribution in [0.25, 0.3) is 10.9 Å². The highest BCUT2D eigenvalue weighted by Crippen LogP contribution is 2.26. The Labute approximate surface area is 155 Å². The Balaban J connectivity index is 1.42. The first kappa shape index (κ1) is 17.3. The molecule has 27 heavy (non-hydrogen) atoms. The number of para-hydroxylation sites is 1. The highest BCUT2D eigenvalue weighted by atomic mass is 16.2. The lowest BCUT2D eigenvalue weighted by molar-refractivity contribution is 0.0944. The van der Waals surface area contributed by atoms with Crippen LogP contribution in [0.3, 0.4) is 0 Å². The number of hydrogen-bond donors (Lipinski definition) is 3. The fourth-order valence-electron chi connectivity index (χ4n) is 3.40. The predicted molar refractivity (Wildman–Crippen MR) is 99.0 cm³/mol. The Bertz CT molecular complexity index is 1020. The maximum absolute atomic E-state index is 12.3. The second-order valence-corrected chi connectivity index (χ2v) is 6.86. The van der Waals surface area contributed by atoms with E-state index >= 15 is 0 Å². The Kier molecular flexibility index (Phi) is 4.68. The Morgan fingerprint density at radius 3 is 2.85 bits per heavy atom. The molecule has 0 spiro atoms. The molecule has 4 N–H and O–H groups in total. The number of carbonyl (C=O) groups excluding carboxylic acids is 1. The lowest BCUT2D eigenvalue weighted by atomic mass is 9.92. The average molecular weight is 367 g/mol. The zero-order valence-corrected chi connectivity index (χ0v) is 14.8. The van der Waals surface area contributed by atoms with Crippen molar-refractivity contribution in [3.8, 4) is 0 Å². The van der Waals surface area contributed by atoms with Gasteiger partial charge in [0.25, 0.3) is 11.5 Å². The van der Waals surface area contributed by atoms with Gasteiger partial charge in [-0.25, -0.2) is 9.67 Å². The van der Waals surface area contributed by atoms with E-state index < -0.39 is 0 Å². The van der Waals surface area contributed by atoms with E-state index in [1.54, 1.807) is 29.1 Å². The summed E-state index contributed by atoms with van der Waals surface area (Å²) in [5.74, 6) is 0.0327. The third-order valence-electron chi connectivity index (χ3n) is 4.94. The van der Waals surface area contributed by atoms with Crippen LogP contribution in [0.4, 0.5) is 0 Å². The summed E-state index contributed by atoms with van der Waals surface area (Å²) in [6, 6.07) is 7.55. The van der Waals surface area contributed by atoms with Crippen molar-refractivity contribution < 1.29 is 4.79 Å². The van der Waals surface area contributed by atoms with E-state index in [1.807, 2.05) is 6.07 Å². The highest BCUT2D eigenvalue weighted by molar-refractivity contribution is 5.91. The monoisotopic (exact) mass is 367 g/mol. The second kappa shape index (κ2) is 7.28. The fourth-order valence-corrected chi connectivity index (χ4v) is 3.40. The molecule has 1 saturated carbocycles. The quantitative estimate of drug-likeness (QED) is 0.627. The van der Waals surface area contributed by atoms with Gasteiger partial charge in [0.1, 0.15) is 5.82 Å². The van der Waals surface area contributed by atoms with E-state index in [0.717, 1.165) is 25.7 Å². The molecule has 1 fully saturated rings. The molecule has 140 valence electrons. The van der Waals surface area contributed by atoms with Crippen molar-refractivity contribution in [2.45, 2.75) is 44.3 Å². The minimum atomic E-state index is -0.357. The van der Waals surface area contributed by atoms with Gasteiger partial charge in [0.15, 0.2) is 5.69 Å². The normalized spacial score (nSPS) is 19.9. The van der Waals surface area contributed by atoms with Crippen molar-refractivity contribution in [3.05, 3.63) is 52.3 Å². The van der Waals surface area contributed by atoms with E-state index in [4.69, 9.17) is 5.73 Å². The lowest BCUT2D eigenvalue weighted by Gasteiger charge is -2.25. The summed E-state index contributed by atoms with van der Waals surface area (Å²) in [4.78, 5) is 31.5. The molecule has 1 aromatic carbocycles. The van der Waals surface area contributed by atoms with Crippen LogP contribution in [0.2, 0.25) is 0 Å². The molecule has 0 saturated heterocycles. The van der Waals surface area contributed by atoms with E-state index in [-0.39, 0.29) is 35.8 Å². The minimum absolute atomic E-state index is 0.101. The van der Waals surface area contributed by atoms with Gasteiger partial charge in [-0.15, -0.1) is 5.10 Å². The SMILES string of the molecule is NC1CCC(n2cc(C(=O)NCc3nc4ccccc4c(=O)[nH]3)nn2)CC1. The van der Waals surface area contributed by atoms with Gasteiger partial charge in [-0.1, -0.05) is 17.3 Å². The largest absolute Gasteiger partial charge is 0.343 e. The van der Waals surface area contributed by atoms with Gasteiger partial charge in [-0.2, -0.15) is 0 Å². The molecule has 1 aliphatic carbocycles. The van der Waals surface area contributed by atoms with Crippen LogP contribution >= 0.6 is 0 Å². The summed E-state index contributed by atoms with van der Waals surface area (Å²) in [5, 5.41) is 11.3. The van der Waals surface area contributed by atoms with Crippen molar-refractivity contribution in [1.82, 2.24) is 30.3 Å². The number of nitrogens with zero attached hydrogens (tertiary/aromatic N) is 4. The standard InChI is InChI=1S/C18H21N7O2/c19-11-5-7-12(8-6-11)25-10-15(23-24-25)18(27)20-9-16-21-14-4-2-1-3-13(14)17(26)22-16/h1-4,10-12H,5-9,19H2,(H,20,27)(H,21,22,26). The van der Waals surface area contributed by atoms with Gasteiger partial charge in [-0.05, 0) is 37.8 Å². The van der Waals surface area contributed by atoms with Gasteiger partial charge < -0.3 is 16.0 Å². The number of amides is 1. The molecule has 0 aliphatic heterocycles. The first-order valence-corrected chi connectivity index (χ1v) is 9.03. The maximum atomic E-state index is 12.3. The summed E-state index contributed by atoms with van der Waals surface area (Å²) in [6.45, 7) is 0.101. The van der Waals surface area contributed by atoms with Crippen LogP contribution in [0.15, 0.2) is 35.3 Å². The van der Waals surface area contributed by atoms with Gasteiger partial charge in [0.2, 0.25) is 0 Å². The molecule has 9 heteroatoms. The summed E-state index contributed by atoms with van der Waals surface area (Å²) >= 11 is 0. The van der Waals surface area contributed by atoms with Gasteiger partial charge in [-0.3, -0.25) is 9.59 Å². The number of aromatic amines is 1. The van der Waals surface area contributed by atoms with Gasteiger partial charge >= 0.3 is 0 Å². The number of hydrogen-bond acceptors (Lipinski definition) is 6. The topological polar surface area (TPSA) is 132 Å². The molecule has 0 atom stereocenters. The van der Waals surface area contributed by atoms with Crippen LogP contribution in [0.1, 0.15) is 48.0 Å². The summed E-state index contributed by atoms with van der Waals surface area (Å²) in [6.07, 6.45) is 5.44. The number of nitrogens with one attached hydrogen (secondary N) is 2. The summed E-state index contributed by atoms with van der Waals surface area (Å²) in [7, 11) is 0. The molecule has 2 aromatic heterocycles. The van der Waals surface area contributed by atoms with Crippen molar-refractivity contribution in [1.29, 1.82) is 0 Å². The summed E-state index contributed by atoms with van der Waals surface area (Å²) < 4.78 is 1.75. The van der Waals surface area contributed by atoms with Crippen molar-refractivity contribution in [2.24, 2.45) is 5.73 Å². The van der Waals surface area contributed by atoms with Gasteiger partial charge in [0, 0.05) is 6.04 Å². The highest BCUT2D eigenvalue weighted by Gasteiger charge is 2.22. The third kappa shape index (κ3) is 3.72. The molecule has 1 amide bonds. The van der Waals surface area contributed by atoms with Crippen molar-refractivity contribution >= 4 is 16.8 Å². The second-order valence-electron chi connectivity index (χ2n) is 6.86. The lowest BCUT2D eigenvalue weighted by Crippen LogP contribution is -2.28. The molecule has 3 aromatic rings. The molecule has 2 heterocycles. The molecule has 0 radical (unpaired) electrons. The number of aromatic nitrogens is 5. The number of H-pyrrole nitrogens is 1. The molecular weight excluding hydrogens is 346 g/mol. The van der Waals surface area contributed by atoms with Crippen LogP contribution in [-0.2, 0) is 6.54 Å². The first-order valence-electron chi connectivity index (χ1n) is 9.03. The van der Waals surface area contributed by atoms with E-state index in [0.29, 0.717) is 16.7 Å². The van der Waals surface area contributed by atoms with Crippen LogP contribution < -0.4 is 16.6 Å². The zero-order chi connectivity index (χ0) is 18.8. The number of nitrogens with two attached hydrogens (primary N) is 1. The number of benzene rings is 1. The molecule has 0 bridgehead atoms. The van der Waals surface area contributed by atoms with Crippen LogP contribution in [0, 0.1) is 0 Å². The fraction of sp³-hybridized carbons (Fsp3) is 0.389. The number of carbonyl (C=O) groups is 1. The minimum Gasteiger partial charge on any atom is -0.343 e. The predicted octanol–water partition coefficient (Wildman–Crippen LogP) is 0.887. The van der Waals surface area contributed by atoms with Crippen molar-refractivity contribution in [2.75, 3.05) is 0 Å². The average Bonchev–Trinajstić information content (AvgIpc) is 3.17. The molecule has 4 rings (SSSR count). The first-order chi connectivity index (χ1) is 13.1. The Hall–Kier alpha value is -3.07. The van der Waals surface area contributed by atoms with Gasteiger partial charge in [0.05, 0.1) is 29.7 Å². The number of fused-ring (bicyclic) bond motifs is 1. The van der Waals surface area contributed by atoms with E-state index in [2.05, 4.69) is 25.6 Å². The Morgan fingerprint density at radius 2 is 2.04 bits per heavy atom. The molecule has 9 nitrogen and oxygen atoms in total. The molecular formula is C18H21N7O2. The van der Waals surface area contributed by atoms with E-state index in [9.17, 15) is 9.59 Å². The van der Waals surface area contributed by atoms with Crippen molar-refractivity contribution in [3.63, 3.8) is 0 Å².